The third-order valence-electron chi connectivity index (χ3n) is 3.58. The van der Waals surface area contributed by atoms with Crippen LogP contribution in [0.2, 0.25) is 0 Å². The Kier molecular flexibility index (Phi) is 4.38. The minimum Gasteiger partial charge on any atom is -0.324 e. The lowest BCUT2D eigenvalue weighted by molar-refractivity contribution is 0.547. The SMILES string of the molecule is Cc1ccc(CC(C)n2c(CCl)nc3ccc(Br)cc32)s1. The van der Waals surface area contributed by atoms with Crippen molar-refractivity contribution in [1.29, 1.82) is 0 Å². The largest absolute Gasteiger partial charge is 0.324 e. The molecule has 0 radical (unpaired) electrons. The lowest BCUT2D eigenvalue weighted by Gasteiger charge is -2.16. The van der Waals surface area contributed by atoms with E-state index in [1.165, 1.54) is 9.75 Å². The van der Waals surface area contributed by atoms with Crippen molar-refractivity contribution in [2.75, 3.05) is 0 Å². The molecule has 1 unspecified atom stereocenters. The number of halogens is 2. The molecule has 0 aliphatic heterocycles. The molecule has 5 heteroatoms. The van der Waals surface area contributed by atoms with Gasteiger partial charge in [-0.2, -0.15) is 0 Å². The predicted octanol–water partition coefficient (Wildman–Crippen LogP) is 5.71. The summed E-state index contributed by atoms with van der Waals surface area (Å²) < 4.78 is 3.33. The Morgan fingerprint density at radius 3 is 2.81 bits per heavy atom. The van der Waals surface area contributed by atoms with Gasteiger partial charge >= 0.3 is 0 Å². The lowest BCUT2D eigenvalue weighted by atomic mass is 10.2. The third-order valence-corrected chi connectivity index (χ3v) is 5.33. The van der Waals surface area contributed by atoms with Crippen molar-refractivity contribution < 1.29 is 0 Å². The van der Waals surface area contributed by atoms with E-state index >= 15 is 0 Å². The van der Waals surface area contributed by atoms with Crippen molar-refractivity contribution in [3.05, 3.63) is 50.4 Å². The standard InChI is InChI=1S/C16H16BrClN2S/c1-10(7-13-5-3-11(2)21-13)20-15-8-12(17)4-6-14(15)19-16(20)9-18/h3-6,8,10H,7,9H2,1-2H3. The zero-order valence-corrected chi connectivity index (χ0v) is 15.1. The highest BCUT2D eigenvalue weighted by molar-refractivity contribution is 9.10. The van der Waals surface area contributed by atoms with Gasteiger partial charge in [-0.3, -0.25) is 0 Å². The van der Waals surface area contributed by atoms with Crippen LogP contribution >= 0.6 is 38.9 Å². The van der Waals surface area contributed by atoms with Gasteiger partial charge in [-0.15, -0.1) is 22.9 Å². The molecule has 0 aliphatic rings. The molecule has 0 amide bonds. The van der Waals surface area contributed by atoms with Gasteiger partial charge in [0.15, 0.2) is 0 Å². The number of imidazole rings is 1. The van der Waals surface area contributed by atoms with Crippen LogP contribution < -0.4 is 0 Å². The van der Waals surface area contributed by atoms with Crippen LogP contribution in [0.3, 0.4) is 0 Å². The van der Waals surface area contributed by atoms with E-state index in [-0.39, 0.29) is 0 Å². The highest BCUT2D eigenvalue weighted by Gasteiger charge is 2.16. The van der Waals surface area contributed by atoms with E-state index in [9.17, 15) is 0 Å². The monoisotopic (exact) mass is 382 g/mol. The average Bonchev–Trinajstić information content (AvgIpc) is 3.01. The summed E-state index contributed by atoms with van der Waals surface area (Å²) in [7, 11) is 0. The fraction of sp³-hybridized carbons (Fsp3) is 0.312. The van der Waals surface area contributed by atoms with Crippen molar-refractivity contribution in [3.8, 4) is 0 Å². The minimum atomic E-state index is 0.330. The van der Waals surface area contributed by atoms with Crippen molar-refractivity contribution in [2.45, 2.75) is 32.2 Å². The number of rotatable bonds is 4. The quantitative estimate of drug-likeness (QED) is 0.527. The average molecular weight is 384 g/mol. The highest BCUT2D eigenvalue weighted by Crippen LogP contribution is 2.28. The summed E-state index contributed by atoms with van der Waals surface area (Å²) >= 11 is 11.5. The number of hydrogen-bond donors (Lipinski definition) is 0. The molecule has 1 atom stereocenters. The van der Waals surface area contributed by atoms with Gasteiger partial charge in [0.25, 0.3) is 0 Å². The van der Waals surface area contributed by atoms with E-state index in [4.69, 9.17) is 11.6 Å². The normalized spacial score (nSPS) is 13.0. The first kappa shape index (κ1) is 15.1. The summed E-state index contributed by atoms with van der Waals surface area (Å²) in [5.41, 5.74) is 2.14. The van der Waals surface area contributed by atoms with Gasteiger partial charge in [-0.25, -0.2) is 4.98 Å². The molecular formula is C16H16BrClN2S. The molecule has 3 aromatic rings. The number of thiophene rings is 1. The van der Waals surface area contributed by atoms with Crippen LogP contribution in [0, 0.1) is 6.92 Å². The van der Waals surface area contributed by atoms with Gasteiger partial charge in [0, 0.05) is 26.7 Å². The maximum atomic E-state index is 6.10. The summed E-state index contributed by atoms with van der Waals surface area (Å²) in [6, 6.07) is 10.9. The van der Waals surface area contributed by atoms with Crippen LogP contribution in [0.4, 0.5) is 0 Å². The second kappa shape index (κ2) is 6.11. The molecule has 2 aromatic heterocycles. The van der Waals surface area contributed by atoms with Crippen LogP contribution in [0.5, 0.6) is 0 Å². The van der Waals surface area contributed by atoms with Gasteiger partial charge < -0.3 is 4.57 Å². The van der Waals surface area contributed by atoms with Gasteiger partial charge in [0.05, 0.1) is 16.9 Å². The molecule has 0 N–H and O–H groups in total. The maximum absolute atomic E-state index is 6.10. The van der Waals surface area contributed by atoms with Crippen molar-refractivity contribution >= 4 is 49.9 Å². The Labute approximate surface area is 141 Å². The number of benzene rings is 1. The molecular weight excluding hydrogens is 368 g/mol. The number of aryl methyl sites for hydroxylation is 1. The smallest absolute Gasteiger partial charge is 0.125 e. The van der Waals surface area contributed by atoms with E-state index < -0.39 is 0 Å². The number of alkyl halides is 1. The molecule has 0 fully saturated rings. The first-order valence-corrected chi connectivity index (χ1v) is 9.00. The first-order chi connectivity index (χ1) is 10.1. The second-order valence-electron chi connectivity index (χ2n) is 5.23. The van der Waals surface area contributed by atoms with E-state index in [2.05, 4.69) is 57.5 Å². The number of hydrogen-bond acceptors (Lipinski definition) is 2. The van der Waals surface area contributed by atoms with Crippen LogP contribution in [0.25, 0.3) is 11.0 Å². The minimum absolute atomic E-state index is 0.330. The summed E-state index contributed by atoms with van der Waals surface area (Å²) in [4.78, 5) is 7.41. The zero-order valence-electron chi connectivity index (χ0n) is 11.9. The van der Waals surface area contributed by atoms with Gasteiger partial charge in [0.1, 0.15) is 5.82 Å². The Bertz CT molecular complexity index is 778. The number of nitrogens with zero attached hydrogens (tertiary/aromatic N) is 2. The molecule has 1 aromatic carbocycles. The second-order valence-corrected chi connectivity index (χ2v) is 7.79. The molecule has 0 saturated heterocycles. The topological polar surface area (TPSA) is 17.8 Å². The molecule has 0 spiro atoms. The summed E-state index contributed by atoms with van der Waals surface area (Å²) in [6.45, 7) is 4.37. The molecule has 0 saturated carbocycles. The number of aromatic nitrogens is 2. The van der Waals surface area contributed by atoms with Gasteiger partial charge in [-0.05, 0) is 44.2 Å². The van der Waals surface area contributed by atoms with Crippen LogP contribution in [0.1, 0.15) is 28.5 Å². The van der Waals surface area contributed by atoms with E-state index in [0.717, 1.165) is 27.8 Å². The first-order valence-electron chi connectivity index (χ1n) is 6.86. The lowest BCUT2D eigenvalue weighted by Crippen LogP contribution is -2.10. The van der Waals surface area contributed by atoms with Crippen molar-refractivity contribution in [1.82, 2.24) is 9.55 Å². The van der Waals surface area contributed by atoms with E-state index in [1.54, 1.807) is 0 Å². The molecule has 3 rings (SSSR count). The van der Waals surface area contributed by atoms with Crippen LogP contribution in [-0.2, 0) is 12.3 Å². The van der Waals surface area contributed by atoms with E-state index in [0.29, 0.717) is 11.9 Å². The van der Waals surface area contributed by atoms with Gasteiger partial charge in [0.2, 0.25) is 0 Å². The fourth-order valence-electron chi connectivity index (χ4n) is 2.68. The molecule has 110 valence electrons. The summed E-state index contributed by atoms with van der Waals surface area (Å²) in [5, 5.41) is 0. The summed E-state index contributed by atoms with van der Waals surface area (Å²) in [5.74, 6) is 1.37. The molecule has 0 aliphatic carbocycles. The van der Waals surface area contributed by atoms with Crippen molar-refractivity contribution in [2.24, 2.45) is 0 Å². The van der Waals surface area contributed by atoms with Crippen LogP contribution in [0.15, 0.2) is 34.8 Å². The Morgan fingerprint density at radius 1 is 1.33 bits per heavy atom. The van der Waals surface area contributed by atoms with Crippen molar-refractivity contribution in [3.63, 3.8) is 0 Å². The Hall–Kier alpha value is -0.840. The molecule has 0 bridgehead atoms. The predicted molar refractivity (Wildman–Crippen MR) is 94.5 cm³/mol. The molecule has 21 heavy (non-hydrogen) atoms. The summed E-state index contributed by atoms with van der Waals surface area (Å²) in [6.07, 6.45) is 1.00. The van der Waals surface area contributed by atoms with E-state index in [1.807, 2.05) is 23.5 Å². The van der Waals surface area contributed by atoms with Crippen LogP contribution in [-0.4, -0.2) is 9.55 Å². The third kappa shape index (κ3) is 3.03. The molecule has 2 nitrogen and oxygen atoms in total. The highest BCUT2D eigenvalue weighted by atomic mass is 79.9. The Balaban J connectivity index is 2.02. The number of fused-ring (bicyclic) bond motifs is 1. The fourth-order valence-corrected chi connectivity index (χ4v) is 4.23. The Morgan fingerprint density at radius 2 is 2.14 bits per heavy atom. The zero-order chi connectivity index (χ0) is 15.0. The maximum Gasteiger partial charge on any atom is 0.125 e. The van der Waals surface area contributed by atoms with Gasteiger partial charge in [-0.1, -0.05) is 15.9 Å². The molecule has 2 heterocycles.